The molecule has 0 saturated carbocycles. The molecule has 3 nitrogen and oxygen atoms in total. The minimum absolute atomic E-state index is 0.294. The fraction of sp³-hybridized carbons (Fsp3) is 0.562. The number of methoxy groups -OCH3 is 1. The summed E-state index contributed by atoms with van der Waals surface area (Å²) in [4.78, 5) is 0. The standard InChI is InChI=1S/C16H22N2O/c1-3-13(9-10-17)18-16-6-4-5-12-11-14(19-2)7-8-15(12)16/h7-8,11,13,16,18H,3-6,9H2,1-2H3. The van der Waals surface area contributed by atoms with E-state index in [-0.39, 0.29) is 0 Å². The van der Waals surface area contributed by atoms with E-state index >= 15 is 0 Å². The second kappa shape index (κ2) is 6.58. The fourth-order valence-electron chi connectivity index (χ4n) is 2.81. The van der Waals surface area contributed by atoms with Crippen molar-refractivity contribution < 1.29 is 4.74 Å². The highest BCUT2D eigenvalue weighted by Crippen LogP contribution is 2.32. The maximum atomic E-state index is 8.85. The summed E-state index contributed by atoms with van der Waals surface area (Å²) >= 11 is 0. The van der Waals surface area contributed by atoms with E-state index in [1.165, 1.54) is 17.5 Å². The highest BCUT2D eigenvalue weighted by atomic mass is 16.5. The van der Waals surface area contributed by atoms with Crippen LogP contribution >= 0.6 is 0 Å². The smallest absolute Gasteiger partial charge is 0.119 e. The van der Waals surface area contributed by atoms with Crippen molar-refractivity contribution in [3.63, 3.8) is 0 Å². The van der Waals surface area contributed by atoms with E-state index in [4.69, 9.17) is 10.00 Å². The zero-order valence-corrected chi connectivity index (χ0v) is 11.8. The van der Waals surface area contributed by atoms with Crippen molar-refractivity contribution in [1.82, 2.24) is 5.32 Å². The van der Waals surface area contributed by atoms with Crippen molar-refractivity contribution in [1.29, 1.82) is 5.26 Å². The number of benzene rings is 1. The van der Waals surface area contributed by atoms with Crippen LogP contribution in [0.5, 0.6) is 5.75 Å². The first-order chi connectivity index (χ1) is 9.28. The third-order valence-corrected chi connectivity index (χ3v) is 3.93. The van der Waals surface area contributed by atoms with Crippen LogP contribution in [0.1, 0.15) is 49.8 Å². The van der Waals surface area contributed by atoms with Gasteiger partial charge in [-0.15, -0.1) is 0 Å². The number of nitrogens with zero attached hydrogens (tertiary/aromatic N) is 1. The number of rotatable bonds is 5. The predicted octanol–water partition coefficient (Wildman–Crippen LogP) is 3.35. The van der Waals surface area contributed by atoms with Crippen molar-refractivity contribution in [2.45, 2.75) is 51.1 Å². The molecule has 1 aromatic carbocycles. The van der Waals surface area contributed by atoms with E-state index in [1.807, 2.05) is 6.07 Å². The SMILES string of the molecule is CCC(CC#N)NC1CCCc2cc(OC)ccc21. The minimum Gasteiger partial charge on any atom is -0.497 e. The van der Waals surface area contributed by atoms with Gasteiger partial charge in [0.1, 0.15) is 5.75 Å². The lowest BCUT2D eigenvalue weighted by molar-refractivity contribution is 0.385. The Bertz CT molecular complexity index is 464. The minimum atomic E-state index is 0.294. The summed E-state index contributed by atoms with van der Waals surface area (Å²) in [6.45, 7) is 2.13. The van der Waals surface area contributed by atoms with Gasteiger partial charge >= 0.3 is 0 Å². The second-order valence-corrected chi connectivity index (χ2v) is 5.14. The largest absolute Gasteiger partial charge is 0.497 e. The molecule has 1 N–H and O–H groups in total. The summed E-state index contributed by atoms with van der Waals surface area (Å²) in [7, 11) is 1.71. The Balaban J connectivity index is 2.15. The maximum absolute atomic E-state index is 8.85. The molecule has 0 fully saturated rings. The molecule has 19 heavy (non-hydrogen) atoms. The normalized spacial score (nSPS) is 19.3. The molecule has 2 atom stereocenters. The van der Waals surface area contributed by atoms with E-state index < -0.39 is 0 Å². The molecule has 0 aliphatic heterocycles. The maximum Gasteiger partial charge on any atom is 0.119 e. The van der Waals surface area contributed by atoms with E-state index in [1.54, 1.807) is 7.11 Å². The molecule has 1 aromatic rings. The topological polar surface area (TPSA) is 45.0 Å². The summed E-state index contributed by atoms with van der Waals surface area (Å²) in [6, 6.07) is 9.29. The van der Waals surface area contributed by atoms with Crippen LogP contribution in [0.15, 0.2) is 18.2 Å². The van der Waals surface area contributed by atoms with Gasteiger partial charge in [-0.05, 0) is 48.9 Å². The Kier molecular flexibility index (Phi) is 4.81. The Morgan fingerprint density at radius 3 is 3.05 bits per heavy atom. The molecule has 2 unspecified atom stereocenters. The van der Waals surface area contributed by atoms with Gasteiger partial charge in [0, 0.05) is 12.1 Å². The Labute approximate surface area is 115 Å². The van der Waals surface area contributed by atoms with Gasteiger partial charge in [-0.3, -0.25) is 0 Å². The monoisotopic (exact) mass is 258 g/mol. The molecule has 3 heteroatoms. The Morgan fingerprint density at radius 1 is 1.53 bits per heavy atom. The second-order valence-electron chi connectivity index (χ2n) is 5.14. The molecule has 2 rings (SSSR count). The van der Waals surface area contributed by atoms with Gasteiger partial charge in [0.05, 0.1) is 19.6 Å². The first-order valence-electron chi connectivity index (χ1n) is 7.08. The number of aryl methyl sites for hydroxylation is 1. The van der Waals surface area contributed by atoms with Gasteiger partial charge in [0.15, 0.2) is 0 Å². The molecule has 1 aliphatic rings. The molecular weight excluding hydrogens is 236 g/mol. The van der Waals surface area contributed by atoms with Crippen molar-refractivity contribution >= 4 is 0 Å². The lowest BCUT2D eigenvalue weighted by atomic mass is 9.87. The number of hydrogen-bond acceptors (Lipinski definition) is 3. The number of nitriles is 1. The quantitative estimate of drug-likeness (QED) is 0.881. The highest BCUT2D eigenvalue weighted by molar-refractivity contribution is 5.39. The molecule has 1 aliphatic carbocycles. The van der Waals surface area contributed by atoms with Crippen molar-refractivity contribution in [3.8, 4) is 11.8 Å². The average molecular weight is 258 g/mol. The predicted molar refractivity (Wildman–Crippen MR) is 76.1 cm³/mol. The fourth-order valence-corrected chi connectivity index (χ4v) is 2.81. The lowest BCUT2D eigenvalue weighted by Crippen LogP contribution is -2.34. The summed E-state index contributed by atoms with van der Waals surface area (Å²) < 4.78 is 5.29. The average Bonchev–Trinajstić information content (AvgIpc) is 2.46. The van der Waals surface area contributed by atoms with Crippen LogP contribution in [0, 0.1) is 11.3 Å². The van der Waals surface area contributed by atoms with E-state index in [0.717, 1.165) is 25.0 Å². The highest BCUT2D eigenvalue weighted by Gasteiger charge is 2.22. The van der Waals surface area contributed by atoms with E-state index in [2.05, 4.69) is 30.4 Å². The summed E-state index contributed by atoms with van der Waals surface area (Å²) in [5, 5.41) is 12.5. The third-order valence-electron chi connectivity index (χ3n) is 3.93. The summed E-state index contributed by atoms with van der Waals surface area (Å²) in [5.41, 5.74) is 2.76. The number of nitrogens with one attached hydrogen (secondary N) is 1. The molecule has 0 heterocycles. The summed E-state index contributed by atoms with van der Waals surface area (Å²) in [5.74, 6) is 0.934. The Morgan fingerprint density at radius 2 is 2.37 bits per heavy atom. The summed E-state index contributed by atoms with van der Waals surface area (Å²) in [6.07, 6.45) is 5.05. The number of ether oxygens (including phenoxy) is 1. The van der Waals surface area contributed by atoms with Crippen molar-refractivity contribution in [2.24, 2.45) is 0 Å². The molecule has 0 spiro atoms. The molecule has 0 amide bonds. The molecule has 0 saturated heterocycles. The van der Waals surface area contributed by atoms with Gasteiger partial charge in [0.25, 0.3) is 0 Å². The van der Waals surface area contributed by atoms with Crippen molar-refractivity contribution in [3.05, 3.63) is 29.3 Å². The van der Waals surface area contributed by atoms with E-state index in [0.29, 0.717) is 18.5 Å². The molecule has 102 valence electrons. The molecule has 0 aromatic heterocycles. The van der Waals surface area contributed by atoms with Crippen LogP contribution in [0.25, 0.3) is 0 Å². The molecule has 0 radical (unpaired) electrons. The zero-order valence-electron chi connectivity index (χ0n) is 11.8. The first kappa shape index (κ1) is 13.9. The van der Waals surface area contributed by atoms with Crippen LogP contribution in [0.2, 0.25) is 0 Å². The van der Waals surface area contributed by atoms with Crippen LogP contribution in [-0.2, 0) is 6.42 Å². The van der Waals surface area contributed by atoms with Crippen LogP contribution in [-0.4, -0.2) is 13.2 Å². The van der Waals surface area contributed by atoms with E-state index in [9.17, 15) is 0 Å². The van der Waals surface area contributed by atoms with Gasteiger partial charge in [-0.1, -0.05) is 13.0 Å². The van der Waals surface area contributed by atoms with Crippen LogP contribution in [0.3, 0.4) is 0 Å². The van der Waals surface area contributed by atoms with Crippen LogP contribution in [0.4, 0.5) is 0 Å². The first-order valence-corrected chi connectivity index (χ1v) is 7.08. The number of fused-ring (bicyclic) bond motifs is 1. The van der Waals surface area contributed by atoms with Gasteiger partial charge in [0.2, 0.25) is 0 Å². The Hall–Kier alpha value is -1.53. The lowest BCUT2D eigenvalue weighted by Gasteiger charge is -2.29. The van der Waals surface area contributed by atoms with Gasteiger partial charge < -0.3 is 10.1 Å². The van der Waals surface area contributed by atoms with Gasteiger partial charge in [-0.2, -0.15) is 5.26 Å². The van der Waals surface area contributed by atoms with Crippen molar-refractivity contribution in [2.75, 3.05) is 7.11 Å². The number of hydrogen-bond donors (Lipinski definition) is 1. The third kappa shape index (κ3) is 3.27. The molecular formula is C16H22N2O. The van der Waals surface area contributed by atoms with Crippen LogP contribution < -0.4 is 10.1 Å². The zero-order chi connectivity index (χ0) is 13.7. The molecule has 0 bridgehead atoms. The van der Waals surface area contributed by atoms with Gasteiger partial charge in [-0.25, -0.2) is 0 Å².